The van der Waals surface area contributed by atoms with Gasteiger partial charge in [0, 0.05) is 19.1 Å². The molecule has 0 saturated carbocycles. The lowest BCUT2D eigenvalue weighted by molar-refractivity contribution is 0.152. The van der Waals surface area contributed by atoms with E-state index in [9.17, 15) is 15.2 Å². The van der Waals surface area contributed by atoms with E-state index < -0.39 is 12.1 Å². The fourth-order valence-electron chi connectivity index (χ4n) is 3.52. The van der Waals surface area contributed by atoms with Crippen molar-refractivity contribution < 1.29 is 5.11 Å². The molecule has 0 spiro atoms. The first-order chi connectivity index (χ1) is 16.1. The number of hydrogen-bond acceptors (Lipinski definition) is 10. The molecular weight excluding hydrogens is 458 g/mol. The fourth-order valence-corrected chi connectivity index (χ4v) is 3.77. The van der Waals surface area contributed by atoms with Crippen LogP contribution in [-0.2, 0) is 6.54 Å². The average Bonchev–Trinajstić information content (AvgIpc) is 2.76. The number of nitrogens with one attached hydrogen (secondary N) is 2. The minimum atomic E-state index is -0.668. The minimum absolute atomic E-state index is 0.0361. The Labute approximate surface area is 201 Å². The molecule has 0 amide bonds. The van der Waals surface area contributed by atoms with Crippen molar-refractivity contribution in [1.82, 2.24) is 24.8 Å². The fraction of sp³-hybridized carbons (Fsp3) is 0.409. The normalized spacial score (nSPS) is 13.1. The lowest BCUT2D eigenvalue weighted by atomic mass is 10.2. The Morgan fingerprint density at radius 1 is 1.24 bits per heavy atom. The van der Waals surface area contributed by atoms with E-state index in [1.54, 1.807) is 25.1 Å². The minimum Gasteiger partial charge on any atom is -0.392 e. The number of anilines is 3. The van der Waals surface area contributed by atoms with Gasteiger partial charge in [0.15, 0.2) is 5.82 Å². The molecule has 0 saturated heterocycles. The molecule has 11 nitrogen and oxygen atoms in total. The van der Waals surface area contributed by atoms with Crippen molar-refractivity contribution in [3.05, 3.63) is 45.0 Å². The van der Waals surface area contributed by atoms with Gasteiger partial charge in [-0.25, -0.2) is 4.98 Å². The number of aliphatic hydroxyl groups is 1. The summed E-state index contributed by atoms with van der Waals surface area (Å²) in [5, 5.41) is 26.7. The predicted octanol–water partition coefficient (Wildman–Crippen LogP) is 1.80. The number of nitrogens with zero attached hydrogens (tertiary/aromatic N) is 5. The van der Waals surface area contributed by atoms with Crippen LogP contribution in [0.2, 0.25) is 5.02 Å². The lowest BCUT2D eigenvalue weighted by Gasteiger charge is -2.22. The van der Waals surface area contributed by atoms with Gasteiger partial charge < -0.3 is 27.2 Å². The summed E-state index contributed by atoms with van der Waals surface area (Å²) in [4.78, 5) is 26.0. The number of fused-ring (bicyclic) bond motifs is 1. The summed E-state index contributed by atoms with van der Waals surface area (Å²) < 4.78 is 1.48. The molecule has 2 aromatic heterocycles. The molecule has 0 fully saturated rings. The number of aliphatic hydroxyl groups excluding tert-OH is 1. The average molecular weight is 486 g/mol. The van der Waals surface area contributed by atoms with E-state index in [1.165, 1.54) is 4.57 Å². The number of benzene rings is 1. The number of nitrogens with two attached hydrogens (primary N) is 2. The zero-order valence-electron chi connectivity index (χ0n) is 19.2. The van der Waals surface area contributed by atoms with E-state index in [4.69, 9.17) is 23.1 Å². The number of rotatable bonds is 9. The van der Waals surface area contributed by atoms with Crippen LogP contribution in [0.15, 0.2) is 23.0 Å². The Bertz CT molecular complexity index is 1290. The van der Waals surface area contributed by atoms with Gasteiger partial charge in [-0.1, -0.05) is 31.5 Å². The highest BCUT2D eigenvalue weighted by Crippen LogP contribution is 2.25. The van der Waals surface area contributed by atoms with Crippen LogP contribution in [-0.4, -0.2) is 43.3 Å². The molecule has 0 radical (unpaired) electrons. The first-order valence-electron chi connectivity index (χ1n) is 10.8. The third kappa shape index (κ3) is 5.53. The number of nitrogen functional groups attached to an aromatic ring is 2. The van der Waals surface area contributed by atoms with Crippen LogP contribution in [0.25, 0.3) is 10.9 Å². The highest BCUT2D eigenvalue weighted by molar-refractivity contribution is 6.35. The molecule has 2 heterocycles. The van der Waals surface area contributed by atoms with Crippen molar-refractivity contribution in [2.45, 2.75) is 51.9 Å². The topological polar surface area (TPSA) is 181 Å². The van der Waals surface area contributed by atoms with Crippen molar-refractivity contribution >= 4 is 40.1 Å². The molecule has 3 rings (SSSR count). The van der Waals surface area contributed by atoms with Crippen molar-refractivity contribution in [3.63, 3.8) is 0 Å². The second-order valence-corrected chi connectivity index (χ2v) is 8.64. The van der Waals surface area contributed by atoms with Gasteiger partial charge in [0.1, 0.15) is 23.3 Å². The third-order valence-corrected chi connectivity index (χ3v) is 5.53. The molecular formula is C22H28ClN9O2. The van der Waals surface area contributed by atoms with Crippen molar-refractivity contribution in [2.75, 3.05) is 23.3 Å². The van der Waals surface area contributed by atoms with Gasteiger partial charge in [-0.15, -0.1) is 0 Å². The highest BCUT2D eigenvalue weighted by Gasteiger charge is 2.21. The number of hydrogen-bond donors (Lipinski definition) is 5. The van der Waals surface area contributed by atoms with Crippen LogP contribution in [0.4, 0.5) is 17.6 Å². The van der Waals surface area contributed by atoms with Crippen LogP contribution in [0, 0.1) is 11.3 Å². The van der Waals surface area contributed by atoms with Crippen LogP contribution >= 0.6 is 11.6 Å². The first kappa shape index (κ1) is 25.2. The molecule has 0 bridgehead atoms. The van der Waals surface area contributed by atoms with E-state index in [2.05, 4.69) is 25.6 Å². The van der Waals surface area contributed by atoms with E-state index in [0.717, 1.165) is 0 Å². The molecule has 7 N–H and O–H groups in total. The molecule has 0 aliphatic carbocycles. The second-order valence-electron chi connectivity index (χ2n) is 8.23. The van der Waals surface area contributed by atoms with Gasteiger partial charge in [0.25, 0.3) is 5.56 Å². The smallest absolute Gasteiger partial charge is 0.262 e. The van der Waals surface area contributed by atoms with Gasteiger partial charge in [-0.3, -0.25) is 9.36 Å². The highest BCUT2D eigenvalue weighted by atomic mass is 35.5. The third-order valence-electron chi connectivity index (χ3n) is 5.22. The maximum absolute atomic E-state index is 13.4. The summed E-state index contributed by atoms with van der Waals surface area (Å²) in [6.45, 7) is 6.33. The van der Waals surface area contributed by atoms with Crippen LogP contribution in [0.1, 0.15) is 44.6 Å². The molecule has 0 aliphatic heterocycles. The molecule has 2 atom stereocenters. The zero-order chi connectivity index (χ0) is 25.0. The van der Waals surface area contributed by atoms with E-state index >= 15 is 0 Å². The SMILES string of the molecule is CC(C)NCC(O)CCn1c([C@H](C)Nc2nc(N)nc(N)c2C#N)nc2cccc(Cl)c2c1=O. The van der Waals surface area contributed by atoms with Gasteiger partial charge in [0.05, 0.1) is 28.1 Å². The van der Waals surface area contributed by atoms with Gasteiger partial charge >= 0.3 is 0 Å². The Morgan fingerprint density at radius 2 is 1.97 bits per heavy atom. The van der Waals surface area contributed by atoms with Gasteiger partial charge in [-0.2, -0.15) is 15.2 Å². The zero-order valence-corrected chi connectivity index (χ0v) is 20.0. The standard InChI is InChI=1S/C22H28ClN9O2/c1-11(2)27-10-13(33)7-8-32-20(29-16-6-4-5-15(23)17(16)21(32)34)12(3)28-19-14(9-24)18(25)30-22(26)31-19/h4-6,11-13,27,33H,7-8,10H2,1-3H3,(H5,25,26,28,30,31)/t12-,13?/m0/s1. The summed E-state index contributed by atoms with van der Waals surface area (Å²) in [6, 6.07) is 6.65. The number of aromatic nitrogens is 4. The summed E-state index contributed by atoms with van der Waals surface area (Å²) >= 11 is 6.31. The molecule has 3 aromatic rings. The lowest BCUT2D eigenvalue weighted by Crippen LogP contribution is -2.34. The van der Waals surface area contributed by atoms with Crippen molar-refractivity contribution in [2.24, 2.45) is 0 Å². The first-order valence-corrected chi connectivity index (χ1v) is 11.2. The molecule has 1 unspecified atom stereocenters. The Kier molecular flexibility index (Phi) is 7.88. The molecule has 1 aromatic carbocycles. The summed E-state index contributed by atoms with van der Waals surface area (Å²) in [7, 11) is 0. The Balaban J connectivity index is 2.03. The summed E-state index contributed by atoms with van der Waals surface area (Å²) in [5.74, 6) is 0.361. The largest absolute Gasteiger partial charge is 0.392 e. The summed E-state index contributed by atoms with van der Waals surface area (Å²) in [6.07, 6.45) is -0.354. The van der Waals surface area contributed by atoms with Crippen LogP contribution in [0.3, 0.4) is 0 Å². The molecule has 180 valence electrons. The summed E-state index contributed by atoms with van der Waals surface area (Å²) in [5.41, 5.74) is 11.7. The van der Waals surface area contributed by atoms with Crippen LogP contribution < -0.4 is 27.7 Å². The van der Waals surface area contributed by atoms with E-state index in [1.807, 2.05) is 19.9 Å². The van der Waals surface area contributed by atoms with Gasteiger partial charge in [-0.05, 0) is 25.5 Å². The second kappa shape index (κ2) is 10.6. The van der Waals surface area contributed by atoms with Gasteiger partial charge in [0.2, 0.25) is 5.95 Å². The maximum atomic E-state index is 13.4. The Morgan fingerprint density at radius 3 is 2.65 bits per heavy atom. The molecule has 12 heteroatoms. The molecule has 34 heavy (non-hydrogen) atoms. The monoisotopic (exact) mass is 485 g/mol. The molecule has 0 aliphatic rings. The van der Waals surface area contributed by atoms with Crippen molar-refractivity contribution in [1.29, 1.82) is 5.26 Å². The quantitative estimate of drug-likeness (QED) is 0.299. The van der Waals surface area contributed by atoms with E-state index in [-0.39, 0.29) is 41.3 Å². The number of halogens is 1. The van der Waals surface area contributed by atoms with Crippen molar-refractivity contribution in [3.8, 4) is 6.07 Å². The maximum Gasteiger partial charge on any atom is 0.262 e. The Hall–Kier alpha value is -3.46. The predicted molar refractivity (Wildman–Crippen MR) is 132 cm³/mol. The van der Waals surface area contributed by atoms with Crippen LogP contribution in [0.5, 0.6) is 0 Å². The number of nitriles is 1. The van der Waals surface area contributed by atoms with E-state index in [0.29, 0.717) is 34.7 Å².